The van der Waals surface area contributed by atoms with E-state index in [1.54, 1.807) is 0 Å². The topological polar surface area (TPSA) is 75.2 Å². The summed E-state index contributed by atoms with van der Waals surface area (Å²) < 4.78 is 0. The summed E-state index contributed by atoms with van der Waals surface area (Å²) >= 11 is 0. The molecule has 2 aromatic rings. The van der Waals surface area contributed by atoms with Crippen molar-refractivity contribution in [2.45, 2.75) is 70.8 Å². The summed E-state index contributed by atoms with van der Waals surface area (Å²) in [4.78, 5) is 36.8. The van der Waals surface area contributed by atoms with Crippen LogP contribution in [-0.4, -0.2) is 45.8 Å². The van der Waals surface area contributed by atoms with E-state index in [2.05, 4.69) is 5.32 Å². The third-order valence-corrected chi connectivity index (χ3v) is 6.59. The van der Waals surface area contributed by atoms with Crippen LogP contribution in [-0.2, 0) is 11.2 Å². The van der Waals surface area contributed by atoms with Gasteiger partial charge in [-0.05, 0) is 51.7 Å². The standard InChI is InChI=1S/C25H32N4O2/c1-17-22(15-23(30)28-21-12-6-7-13-21)18(2)27-24(26-17)20-11-8-14-29(16-20)25(31)19-9-4-3-5-10-19/h3-5,9-10,20-21H,6-8,11-16H2,1-2H3,(H,28,30). The minimum Gasteiger partial charge on any atom is -0.353 e. The largest absolute Gasteiger partial charge is 0.353 e. The molecule has 2 amide bonds. The number of carbonyl (C=O) groups excluding carboxylic acids is 2. The first-order chi connectivity index (χ1) is 15.0. The molecular formula is C25H32N4O2. The molecule has 1 unspecified atom stereocenters. The van der Waals surface area contributed by atoms with Crippen LogP contribution in [0.2, 0.25) is 0 Å². The van der Waals surface area contributed by atoms with E-state index in [1.807, 2.05) is 49.1 Å². The number of hydrogen-bond donors (Lipinski definition) is 1. The highest BCUT2D eigenvalue weighted by molar-refractivity contribution is 5.94. The maximum Gasteiger partial charge on any atom is 0.253 e. The molecule has 2 aliphatic rings. The number of aryl methyl sites for hydroxylation is 2. The number of nitrogens with zero attached hydrogens (tertiary/aromatic N) is 3. The number of nitrogens with one attached hydrogen (secondary N) is 1. The molecule has 1 aromatic heterocycles. The third kappa shape index (κ3) is 5.12. The van der Waals surface area contributed by atoms with E-state index < -0.39 is 0 Å². The van der Waals surface area contributed by atoms with Gasteiger partial charge in [-0.15, -0.1) is 0 Å². The Morgan fingerprint density at radius 1 is 1.00 bits per heavy atom. The second-order valence-electron chi connectivity index (χ2n) is 8.91. The molecule has 1 aromatic carbocycles. The summed E-state index contributed by atoms with van der Waals surface area (Å²) in [6.45, 7) is 5.33. The average Bonchev–Trinajstić information content (AvgIpc) is 3.29. The minimum atomic E-state index is 0.0618. The number of amides is 2. The molecule has 1 atom stereocenters. The smallest absolute Gasteiger partial charge is 0.253 e. The van der Waals surface area contributed by atoms with Crippen LogP contribution in [0.4, 0.5) is 0 Å². The Balaban J connectivity index is 1.44. The van der Waals surface area contributed by atoms with Crippen LogP contribution in [0.3, 0.4) is 0 Å². The molecule has 1 aliphatic heterocycles. The van der Waals surface area contributed by atoms with Crippen molar-refractivity contribution in [3.63, 3.8) is 0 Å². The second-order valence-corrected chi connectivity index (χ2v) is 8.91. The van der Waals surface area contributed by atoms with Crippen LogP contribution in [0.15, 0.2) is 30.3 Å². The zero-order chi connectivity index (χ0) is 21.8. The first kappa shape index (κ1) is 21.5. The summed E-state index contributed by atoms with van der Waals surface area (Å²) in [5.74, 6) is 1.05. The summed E-state index contributed by atoms with van der Waals surface area (Å²) in [5.41, 5.74) is 3.39. The van der Waals surface area contributed by atoms with E-state index in [9.17, 15) is 9.59 Å². The van der Waals surface area contributed by atoms with Crippen molar-refractivity contribution >= 4 is 11.8 Å². The summed E-state index contributed by atoms with van der Waals surface area (Å²) in [6.07, 6.45) is 6.81. The number of hydrogen-bond acceptors (Lipinski definition) is 4. The molecule has 0 bridgehead atoms. The van der Waals surface area contributed by atoms with Gasteiger partial charge >= 0.3 is 0 Å². The Hall–Kier alpha value is -2.76. The number of rotatable bonds is 5. The van der Waals surface area contributed by atoms with E-state index in [0.717, 1.165) is 60.6 Å². The zero-order valence-corrected chi connectivity index (χ0v) is 18.6. The van der Waals surface area contributed by atoms with Crippen molar-refractivity contribution in [3.8, 4) is 0 Å². The minimum absolute atomic E-state index is 0.0618. The van der Waals surface area contributed by atoms with E-state index in [1.165, 1.54) is 12.8 Å². The van der Waals surface area contributed by atoms with Gasteiger partial charge in [0.15, 0.2) is 0 Å². The Morgan fingerprint density at radius 3 is 2.35 bits per heavy atom. The van der Waals surface area contributed by atoms with Crippen molar-refractivity contribution in [3.05, 3.63) is 58.7 Å². The first-order valence-corrected chi connectivity index (χ1v) is 11.5. The van der Waals surface area contributed by atoms with E-state index >= 15 is 0 Å². The lowest BCUT2D eigenvalue weighted by atomic mass is 9.95. The Bertz CT molecular complexity index is 915. The fourth-order valence-electron chi connectivity index (χ4n) is 4.85. The Morgan fingerprint density at radius 2 is 1.68 bits per heavy atom. The molecule has 1 saturated heterocycles. The zero-order valence-electron chi connectivity index (χ0n) is 18.6. The molecule has 2 heterocycles. The van der Waals surface area contributed by atoms with Crippen molar-refractivity contribution < 1.29 is 9.59 Å². The normalized spacial score (nSPS) is 19.4. The monoisotopic (exact) mass is 420 g/mol. The van der Waals surface area contributed by atoms with Crippen molar-refractivity contribution in [1.82, 2.24) is 20.2 Å². The highest BCUT2D eigenvalue weighted by Gasteiger charge is 2.28. The average molecular weight is 421 g/mol. The lowest BCUT2D eigenvalue weighted by Crippen LogP contribution is -2.39. The van der Waals surface area contributed by atoms with Gasteiger partial charge < -0.3 is 10.2 Å². The second kappa shape index (κ2) is 9.58. The highest BCUT2D eigenvalue weighted by atomic mass is 16.2. The van der Waals surface area contributed by atoms with Gasteiger partial charge in [-0.2, -0.15) is 0 Å². The van der Waals surface area contributed by atoms with Gasteiger partial charge in [-0.3, -0.25) is 9.59 Å². The molecule has 6 nitrogen and oxygen atoms in total. The number of piperidine rings is 1. The fraction of sp³-hybridized carbons (Fsp3) is 0.520. The van der Waals surface area contributed by atoms with Crippen LogP contribution in [0.1, 0.15) is 77.6 Å². The van der Waals surface area contributed by atoms with Crippen LogP contribution in [0, 0.1) is 13.8 Å². The molecule has 2 fully saturated rings. The predicted molar refractivity (Wildman–Crippen MR) is 120 cm³/mol. The van der Waals surface area contributed by atoms with Gasteiger partial charge in [-0.25, -0.2) is 9.97 Å². The maximum absolute atomic E-state index is 12.9. The van der Waals surface area contributed by atoms with Crippen LogP contribution < -0.4 is 5.32 Å². The van der Waals surface area contributed by atoms with Crippen LogP contribution in [0.25, 0.3) is 0 Å². The van der Waals surface area contributed by atoms with E-state index in [4.69, 9.17) is 9.97 Å². The Kier molecular flexibility index (Phi) is 6.64. The maximum atomic E-state index is 12.9. The molecule has 0 spiro atoms. The van der Waals surface area contributed by atoms with E-state index in [-0.39, 0.29) is 17.7 Å². The van der Waals surface area contributed by atoms with Crippen molar-refractivity contribution in [1.29, 1.82) is 0 Å². The summed E-state index contributed by atoms with van der Waals surface area (Å²) in [6, 6.07) is 9.76. The molecule has 31 heavy (non-hydrogen) atoms. The number of likely N-dealkylation sites (tertiary alicyclic amines) is 1. The van der Waals surface area contributed by atoms with E-state index in [0.29, 0.717) is 19.0 Å². The molecule has 0 radical (unpaired) electrons. The lowest BCUT2D eigenvalue weighted by Gasteiger charge is -2.32. The van der Waals surface area contributed by atoms with Crippen molar-refractivity contribution in [2.24, 2.45) is 0 Å². The molecule has 1 saturated carbocycles. The number of aromatic nitrogens is 2. The summed E-state index contributed by atoms with van der Waals surface area (Å²) in [7, 11) is 0. The van der Waals surface area contributed by atoms with Gasteiger partial charge in [0.25, 0.3) is 5.91 Å². The van der Waals surface area contributed by atoms with Crippen LogP contribution >= 0.6 is 0 Å². The van der Waals surface area contributed by atoms with Gasteiger partial charge in [-0.1, -0.05) is 31.0 Å². The van der Waals surface area contributed by atoms with Gasteiger partial charge in [0, 0.05) is 47.6 Å². The van der Waals surface area contributed by atoms with Crippen LogP contribution in [0.5, 0.6) is 0 Å². The predicted octanol–water partition coefficient (Wildman–Crippen LogP) is 3.71. The third-order valence-electron chi connectivity index (χ3n) is 6.59. The number of carbonyl (C=O) groups is 2. The fourth-order valence-corrected chi connectivity index (χ4v) is 4.85. The molecule has 164 valence electrons. The molecule has 1 N–H and O–H groups in total. The quantitative estimate of drug-likeness (QED) is 0.800. The Labute approximate surface area is 184 Å². The summed E-state index contributed by atoms with van der Waals surface area (Å²) in [5, 5.41) is 3.15. The lowest BCUT2D eigenvalue weighted by molar-refractivity contribution is -0.121. The van der Waals surface area contributed by atoms with Gasteiger partial charge in [0.05, 0.1) is 6.42 Å². The highest BCUT2D eigenvalue weighted by Crippen LogP contribution is 2.27. The van der Waals surface area contributed by atoms with Gasteiger partial charge in [0.2, 0.25) is 5.91 Å². The van der Waals surface area contributed by atoms with Gasteiger partial charge in [0.1, 0.15) is 5.82 Å². The molecule has 4 rings (SSSR count). The molecule has 6 heteroatoms. The molecule has 1 aliphatic carbocycles. The number of benzene rings is 1. The molecular weight excluding hydrogens is 388 g/mol. The first-order valence-electron chi connectivity index (χ1n) is 11.5. The SMILES string of the molecule is Cc1nc(C2CCCN(C(=O)c3ccccc3)C2)nc(C)c1CC(=O)NC1CCCC1. The van der Waals surface area contributed by atoms with Crippen molar-refractivity contribution in [2.75, 3.05) is 13.1 Å².